The number of aryl methyl sites for hydroxylation is 1. The summed E-state index contributed by atoms with van der Waals surface area (Å²) in [7, 11) is 1.53. The van der Waals surface area contributed by atoms with Crippen LogP contribution in [-0.4, -0.2) is 25.6 Å². The lowest BCUT2D eigenvalue weighted by molar-refractivity contribution is -0.119. The average Bonchev–Trinajstić information content (AvgIpc) is 2.66. The lowest BCUT2D eigenvalue weighted by atomic mass is 10.1. The van der Waals surface area contributed by atoms with E-state index in [0.29, 0.717) is 17.0 Å². The molecule has 5 nitrogen and oxygen atoms in total. The van der Waals surface area contributed by atoms with Crippen molar-refractivity contribution in [3.05, 3.63) is 71.8 Å². The summed E-state index contributed by atoms with van der Waals surface area (Å²) in [5, 5.41) is 4.44. The van der Waals surface area contributed by atoms with Crippen molar-refractivity contribution in [1.82, 2.24) is 0 Å². The summed E-state index contributed by atoms with van der Waals surface area (Å²) >= 11 is 0. The molecular weight excluding hydrogens is 330 g/mol. The Morgan fingerprint density at radius 2 is 1.77 bits per heavy atom. The number of nitrogens with one attached hydrogen (secondary N) is 1. The zero-order chi connectivity index (χ0) is 18.5. The predicted molar refractivity (Wildman–Crippen MR) is 101 cm³/mol. The number of anilines is 1. The number of amides is 1. The van der Waals surface area contributed by atoms with Crippen molar-refractivity contribution >= 4 is 28.3 Å². The highest BCUT2D eigenvalue weighted by Gasteiger charge is 2.14. The number of fused-ring (bicyclic) bond motifs is 1. The van der Waals surface area contributed by atoms with Gasteiger partial charge in [0.1, 0.15) is 5.75 Å². The maximum atomic E-state index is 12.4. The highest BCUT2D eigenvalue weighted by Crippen LogP contribution is 2.25. The van der Waals surface area contributed by atoms with Crippen LogP contribution in [0.25, 0.3) is 10.8 Å². The van der Waals surface area contributed by atoms with Crippen molar-refractivity contribution in [1.29, 1.82) is 0 Å². The van der Waals surface area contributed by atoms with Gasteiger partial charge in [-0.2, -0.15) is 0 Å². The summed E-state index contributed by atoms with van der Waals surface area (Å²) < 4.78 is 10.4. The van der Waals surface area contributed by atoms with E-state index in [9.17, 15) is 9.59 Å². The maximum Gasteiger partial charge on any atom is 0.339 e. The molecule has 0 spiro atoms. The van der Waals surface area contributed by atoms with E-state index in [1.807, 2.05) is 43.3 Å². The van der Waals surface area contributed by atoms with Crippen molar-refractivity contribution in [2.24, 2.45) is 0 Å². The molecule has 0 heterocycles. The summed E-state index contributed by atoms with van der Waals surface area (Å²) in [5.41, 5.74) is 1.96. The van der Waals surface area contributed by atoms with Gasteiger partial charge in [0.05, 0.1) is 18.4 Å². The lowest BCUT2D eigenvalue weighted by Crippen LogP contribution is -2.21. The minimum Gasteiger partial charge on any atom is -0.495 e. The highest BCUT2D eigenvalue weighted by atomic mass is 16.5. The predicted octanol–water partition coefficient (Wildman–Crippen LogP) is 3.95. The van der Waals surface area contributed by atoms with Crippen LogP contribution in [0.2, 0.25) is 0 Å². The SMILES string of the molecule is COc1ccc(C)cc1NC(=O)COC(=O)c1cccc2ccccc12. The Bertz CT molecular complexity index is 960. The molecule has 132 valence electrons. The molecule has 1 amide bonds. The van der Waals surface area contributed by atoms with E-state index in [0.717, 1.165) is 16.3 Å². The molecule has 0 bridgehead atoms. The third-order valence-electron chi connectivity index (χ3n) is 3.97. The molecule has 0 atom stereocenters. The minimum atomic E-state index is -0.534. The molecule has 26 heavy (non-hydrogen) atoms. The van der Waals surface area contributed by atoms with Crippen molar-refractivity contribution in [3.63, 3.8) is 0 Å². The van der Waals surface area contributed by atoms with Crippen LogP contribution in [0.5, 0.6) is 5.75 Å². The fourth-order valence-corrected chi connectivity index (χ4v) is 2.72. The zero-order valence-corrected chi connectivity index (χ0v) is 14.6. The molecule has 0 unspecified atom stereocenters. The first-order valence-electron chi connectivity index (χ1n) is 8.18. The lowest BCUT2D eigenvalue weighted by Gasteiger charge is -2.11. The molecule has 0 fully saturated rings. The summed E-state index contributed by atoms with van der Waals surface area (Å²) in [6, 6.07) is 18.4. The largest absolute Gasteiger partial charge is 0.495 e. The Morgan fingerprint density at radius 3 is 2.58 bits per heavy atom. The molecule has 0 radical (unpaired) electrons. The number of esters is 1. The van der Waals surface area contributed by atoms with E-state index < -0.39 is 11.9 Å². The standard InChI is InChI=1S/C21H19NO4/c1-14-10-11-19(25-2)18(12-14)22-20(23)13-26-21(24)17-9-5-7-15-6-3-4-8-16(15)17/h3-12H,13H2,1-2H3,(H,22,23). The third kappa shape index (κ3) is 3.83. The number of hydrogen-bond donors (Lipinski definition) is 1. The van der Waals surface area contributed by atoms with Gasteiger partial charge in [-0.1, -0.05) is 42.5 Å². The molecule has 0 aliphatic carbocycles. The van der Waals surface area contributed by atoms with Crippen LogP contribution in [-0.2, 0) is 9.53 Å². The molecule has 0 aliphatic heterocycles. The third-order valence-corrected chi connectivity index (χ3v) is 3.97. The number of methoxy groups -OCH3 is 1. The van der Waals surface area contributed by atoms with Crippen molar-refractivity contribution < 1.29 is 19.1 Å². The van der Waals surface area contributed by atoms with Crippen LogP contribution >= 0.6 is 0 Å². The first kappa shape index (κ1) is 17.5. The van der Waals surface area contributed by atoms with Crippen LogP contribution in [0.3, 0.4) is 0 Å². The summed E-state index contributed by atoms with van der Waals surface area (Å²) in [6.45, 7) is 1.54. The second-order valence-electron chi connectivity index (χ2n) is 5.85. The number of rotatable bonds is 5. The van der Waals surface area contributed by atoms with Gasteiger partial charge in [-0.05, 0) is 41.5 Å². The van der Waals surface area contributed by atoms with E-state index >= 15 is 0 Å². The van der Waals surface area contributed by atoms with E-state index in [1.54, 1.807) is 24.3 Å². The highest BCUT2D eigenvalue weighted by molar-refractivity contribution is 6.05. The molecule has 5 heteroatoms. The number of carbonyl (C=O) groups is 2. The monoisotopic (exact) mass is 349 g/mol. The molecular formula is C21H19NO4. The Hall–Kier alpha value is -3.34. The number of benzene rings is 3. The fraction of sp³-hybridized carbons (Fsp3) is 0.143. The average molecular weight is 349 g/mol. The van der Waals surface area contributed by atoms with Crippen LogP contribution in [0.4, 0.5) is 5.69 Å². The Kier molecular flexibility index (Phi) is 5.17. The van der Waals surface area contributed by atoms with Gasteiger partial charge in [0, 0.05) is 0 Å². The molecule has 3 rings (SSSR count). The molecule has 0 aliphatic rings. The smallest absolute Gasteiger partial charge is 0.339 e. The summed E-state index contributed by atoms with van der Waals surface area (Å²) in [5.74, 6) is -0.417. The Balaban J connectivity index is 1.68. The fourth-order valence-electron chi connectivity index (χ4n) is 2.72. The second-order valence-corrected chi connectivity index (χ2v) is 5.85. The number of carbonyl (C=O) groups excluding carboxylic acids is 2. The second kappa shape index (κ2) is 7.70. The number of hydrogen-bond acceptors (Lipinski definition) is 4. The van der Waals surface area contributed by atoms with Crippen LogP contribution < -0.4 is 10.1 Å². The van der Waals surface area contributed by atoms with Gasteiger partial charge in [-0.25, -0.2) is 4.79 Å². The first-order valence-corrected chi connectivity index (χ1v) is 8.18. The zero-order valence-electron chi connectivity index (χ0n) is 14.6. The molecule has 0 aromatic heterocycles. The van der Waals surface area contributed by atoms with Gasteiger partial charge in [-0.15, -0.1) is 0 Å². The van der Waals surface area contributed by atoms with Crippen molar-refractivity contribution in [2.75, 3.05) is 19.0 Å². The molecule has 3 aromatic carbocycles. The molecule has 1 N–H and O–H groups in total. The maximum absolute atomic E-state index is 12.4. The molecule has 0 saturated carbocycles. The van der Waals surface area contributed by atoms with Gasteiger partial charge >= 0.3 is 5.97 Å². The Labute approximate surface area is 151 Å². The first-order chi connectivity index (χ1) is 12.6. The van der Waals surface area contributed by atoms with Crippen molar-refractivity contribution in [3.8, 4) is 5.75 Å². The van der Waals surface area contributed by atoms with Crippen LogP contribution in [0.15, 0.2) is 60.7 Å². The van der Waals surface area contributed by atoms with E-state index in [4.69, 9.17) is 9.47 Å². The van der Waals surface area contributed by atoms with Crippen molar-refractivity contribution in [2.45, 2.75) is 6.92 Å². The van der Waals surface area contributed by atoms with Crippen LogP contribution in [0.1, 0.15) is 15.9 Å². The van der Waals surface area contributed by atoms with E-state index in [2.05, 4.69) is 5.32 Å². The number of ether oxygens (including phenoxy) is 2. The van der Waals surface area contributed by atoms with Crippen LogP contribution in [0, 0.1) is 6.92 Å². The van der Waals surface area contributed by atoms with Gasteiger partial charge in [0.15, 0.2) is 6.61 Å². The van der Waals surface area contributed by atoms with E-state index in [1.165, 1.54) is 7.11 Å². The topological polar surface area (TPSA) is 64.6 Å². The van der Waals surface area contributed by atoms with Gasteiger partial charge in [0.2, 0.25) is 0 Å². The minimum absolute atomic E-state index is 0.376. The normalized spacial score (nSPS) is 10.4. The summed E-state index contributed by atoms with van der Waals surface area (Å²) in [4.78, 5) is 24.5. The van der Waals surface area contributed by atoms with Gasteiger partial charge in [-0.3, -0.25) is 4.79 Å². The molecule has 3 aromatic rings. The van der Waals surface area contributed by atoms with Gasteiger partial charge in [0.25, 0.3) is 5.91 Å². The van der Waals surface area contributed by atoms with Gasteiger partial charge < -0.3 is 14.8 Å². The quantitative estimate of drug-likeness (QED) is 0.708. The Morgan fingerprint density at radius 1 is 1.00 bits per heavy atom. The molecule has 0 saturated heterocycles. The summed E-state index contributed by atoms with van der Waals surface area (Å²) in [6.07, 6.45) is 0. The van der Waals surface area contributed by atoms with E-state index in [-0.39, 0.29) is 6.61 Å².